The molecule has 0 saturated carbocycles. The van der Waals surface area contributed by atoms with Gasteiger partial charge in [-0.2, -0.15) is 0 Å². The minimum Gasteiger partial charge on any atom is -0.507 e. The van der Waals surface area contributed by atoms with Crippen molar-refractivity contribution in [3.8, 4) is 17.2 Å². The molecule has 146 valence electrons. The van der Waals surface area contributed by atoms with Gasteiger partial charge in [0, 0.05) is 12.1 Å². The molecule has 3 N–H and O–H groups in total. The highest BCUT2D eigenvalue weighted by molar-refractivity contribution is 6.04. The number of ketones is 1. The summed E-state index contributed by atoms with van der Waals surface area (Å²) in [5, 5.41) is 10.3. The number of Topliss-reactive ketones (excluding diaryl/α,β-unsaturated/α-hetero) is 1. The second kappa shape index (κ2) is 8.81. The fourth-order valence-corrected chi connectivity index (χ4v) is 2.57. The summed E-state index contributed by atoms with van der Waals surface area (Å²) in [7, 11) is 0. The molecule has 0 aliphatic heterocycles. The molecule has 0 amide bonds. The number of hydrogen-bond acceptors (Lipinski definition) is 7. The van der Waals surface area contributed by atoms with E-state index in [1.165, 1.54) is 18.2 Å². The van der Waals surface area contributed by atoms with E-state index >= 15 is 0 Å². The molecule has 7 heteroatoms. The number of ether oxygens (including phenoxy) is 2. The van der Waals surface area contributed by atoms with E-state index in [9.17, 15) is 19.5 Å². The van der Waals surface area contributed by atoms with Crippen LogP contribution in [-0.2, 0) is 0 Å². The number of benzene rings is 3. The van der Waals surface area contributed by atoms with Gasteiger partial charge in [-0.1, -0.05) is 36.4 Å². The highest BCUT2D eigenvalue weighted by Crippen LogP contribution is 2.34. The topological polar surface area (TPSA) is 116 Å². The smallest absolute Gasteiger partial charge is 0.343 e. The third-order valence-electron chi connectivity index (χ3n) is 3.95. The highest BCUT2D eigenvalue weighted by atomic mass is 16.5. The van der Waals surface area contributed by atoms with Gasteiger partial charge in [0.05, 0.1) is 17.7 Å². The number of phenols is 1. The van der Waals surface area contributed by atoms with Gasteiger partial charge in [-0.05, 0) is 24.3 Å². The summed E-state index contributed by atoms with van der Waals surface area (Å²) in [4.78, 5) is 36.8. The lowest BCUT2D eigenvalue weighted by molar-refractivity contribution is 0.0731. The molecule has 29 heavy (non-hydrogen) atoms. The van der Waals surface area contributed by atoms with Crippen molar-refractivity contribution >= 4 is 17.7 Å². The summed E-state index contributed by atoms with van der Waals surface area (Å²) in [5.41, 5.74) is 5.65. The Morgan fingerprint density at radius 1 is 0.793 bits per heavy atom. The van der Waals surface area contributed by atoms with Gasteiger partial charge in [0.25, 0.3) is 0 Å². The number of carbonyl (C=O) groups is 3. The monoisotopic (exact) mass is 391 g/mol. The van der Waals surface area contributed by atoms with Crippen molar-refractivity contribution in [1.29, 1.82) is 0 Å². The number of aromatic hydroxyl groups is 1. The van der Waals surface area contributed by atoms with Crippen molar-refractivity contribution < 1.29 is 29.0 Å². The Bertz CT molecular complexity index is 1050. The lowest BCUT2D eigenvalue weighted by atomic mass is 10.1. The average molecular weight is 391 g/mol. The van der Waals surface area contributed by atoms with Crippen molar-refractivity contribution in [2.75, 3.05) is 6.54 Å². The van der Waals surface area contributed by atoms with Crippen LogP contribution in [0.5, 0.6) is 17.2 Å². The molecule has 3 aromatic carbocycles. The Kier molecular flexibility index (Phi) is 6.01. The van der Waals surface area contributed by atoms with Gasteiger partial charge in [-0.3, -0.25) is 4.79 Å². The molecule has 0 atom stereocenters. The number of phenolic OH excluding ortho intramolecular Hbond substituents is 1. The van der Waals surface area contributed by atoms with E-state index in [-0.39, 0.29) is 28.2 Å². The molecule has 0 aliphatic rings. The van der Waals surface area contributed by atoms with E-state index in [0.29, 0.717) is 0 Å². The first-order valence-electron chi connectivity index (χ1n) is 8.64. The Labute approximate surface area is 166 Å². The highest BCUT2D eigenvalue weighted by Gasteiger charge is 2.22. The van der Waals surface area contributed by atoms with Gasteiger partial charge in [-0.15, -0.1) is 0 Å². The van der Waals surface area contributed by atoms with Crippen molar-refractivity contribution in [3.63, 3.8) is 0 Å². The van der Waals surface area contributed by atoms with Gasteiger partial charge >= 0.3 is 11.9 Å². The first-order chi connectivity index (χ1) is 14.0. The molecular formula is C22H17NO6. The first-order valence-corrected chi connectivity index (χ1v) is 8.64. The molecule has 0 unspecified atom stereocenters. The number of esters is 2. The van der Waals surface area contributed by atoms with Gasteiger partial charge in [-0.25, -0.2) is 9.59 Å². The van der Waals surface area contributed by atoms with Crippen LogP contribution in [0.4, 0.5) is 0 Å². The molecular weight excluding hydrogens is 374 g/mol. The minimum absolute atomic E-state index is 0.0965. The van der Waals surface area contributed by atoms with E-state index in [2.05, 4.69) is 0 Å². The van der Waals surface area contributed by atoms with Gasteiger partial charge in [0.15, 0.2) is 5.78 Å². The zero-order valence-corrected chi connectivity index (χ0v) is 15.2. The molecule has 0 radical (unpaired) electrons. The molecule has 0 aromatic heterocycles. The molecule has 0 aliphatic carbocycles. The van der Waals surface area contributed by atoms with Crippen LogP contribution in [-0.4, -0.2) is 29.4 Å². The Morgan fingerprint density at radius 3 is 1.83 bits per heavy atom. The number of nitrogens with two attached hydrogens (primary N) is 1. The zero-order valence-electron chi connectivity index (χ0n) is 15.2. The SMILES string of the molecule is NCC(=O)c1c(O)cc(OC(=O)c2ccccc2)cc1OC(=O)c1ccccc1. The number of hydrogen-bond donors (Lipinski definition) is 2. The maximum atomic E-state index is 12.4. The normalized spacial score (nSPS) is 10.2. The van der Waals surface area contributed by atoms with Gasteiger partial charge in [0.2, 0.25) is 0 Å². The molecule has 0 heterocycles. The summed E-state index contributed by atoms with van der Waals surface area (Å²) in [6, 6.07) is 18.6. The van der Waals surface area contributed by atoms with Crippen LogP contribution in [0.15, 0.2) is 72.8 Å². The summed E-state index contributed by atoms with van der Waals surface area (Å²) in [6.45, 7) is -0.410. The number of carbonyl (C=O) groups excluding carboxylic acids is 3. The van der Waals surface area contributed by atoms with Crippen LogP contribution in [0.3, 0.4) is 0 Å². The van der Waals surface area contributed by atoms with Crippen LogP contribution in [0.1, 0.15) is 31.1 Å². The van der Waals surface area contributed by atoms with E-state index in [0.717, 1.165) is 6.07 Å². The molecule has 0 fully saturated rings. The lowest BCUT2D eigenvalue weighted by Gasteiger charge is -2.13. The Morgan fingerprint density at radius 2 is 1.31 bits per heavy atom. The van der Waals surface area contributed by atoms with Crippen molar-refractivity contribution in [1.82, 2.24) is 0 Å². The fourth-order valence-electron chi connectivity index (χ4n) is 2.57. The Hall–Kier alpha value is -3.97. The maximum Gasteiger partial charge on any atom is 0.343 e. The quantitative estimate of drug-likeness (QED) is 0.377. The van der Waals surface area contributed by atoms with Crippen molar-refractivity contribution in [3.05, 3.63) is 89.5 Å². The van der Waals surface area contributed by atoms with Crippen LogP contribution in [0.25, 0.3) is 0 Å². The molecule has 0 spiro atoms. The average Bonchev–Trinajstić information content (AvgIpc) is 2.74. The largest absolute Gasteiger partial charge is 0.507 e. The zero-order chi connectivity index (χ0) is 20.8. The van der Waals surface area contributed by atoms with Crippen molar-refractivity contribution in [2.24, 2.45) is 5.73 Å². The van der Waals surface area contributed by atoms with Crippen LogP contribution >= 0.6 is 0 Å². The summed E-state index contributed by atoms with van der Waals surface area (Å²) >= 11 is 0. The fraction of sp³-hybridized carbons (Fsp3) is 0.0455. The van der Waals surface area contributed by atoms with E-state index in [4.69, 9.17) is 15.2 Å². The summed E-state index contributed by atoms with van der Waals surface area (Å²) in [5.74, 6) is -2.94. The summed E-state index contributed by atoms with van der Waals surface area (Å²) < 4.78 is 10.5. The maximum absolute atomic E-state index is 12.4. The molecule has 7 nitrogen and oxygen atoms in total. The van der Waals surface area contributed by atoms with Crippen LogP contribution in [0, 0.1) is 0 Å². The number of rotatable bonds is 6. The van der Waals surface area contributed by atoms with Crippen molar-refractivity contribution in [2.45, 2.75) is 0 Å². The summed E-state index contributed by atoms with van der Waals surface area (Å²) in [6.07, 6.45) is 0. The van der Waals surface area contributed by atoms with E-state index in [1.807, 2.05) is 0 Å². The Balaban J connectivity index is 1.95. The van der Waals surface area contributed by atoms with Crippen LogP contribution < -0.4 is 15.2 Å². The van der Waals surface area contributed by atoms with Gasteiger partial charge in [0.1, 0.15) is 22.8 Å². The molecule has 0 saturated heterocycles. The predicted molar refractivity (Wildman–Crippen MR) is 104 cm³/mol. The lowest BCUT2D eigenvalue weighted by Crippen LogP contribution is -2.17. The molecule has 3 aromatic rings. The third kappa shape index (κ3) is 4.66. The van der Waals surface area contributed by atoms with E-state index < -0.39 is 30.0 Å². The third-order valence-corrected chi connectivity index (χ3v) is 3.95. The first kappa shape index (κ1) is 19.8. The van der Waals surface area contributed by atoms with E-state index in [1.54, 1.807) is 48.5 Å². The standard InChI is InChI=1S/C22H17NO6/c23-13-18(25)20-17(24)11-16(28-21(26)14-7-3-1-4-8-14)12-19(20)29-22(27)15-9-5-2-6-10-15/h1-12,24H,13,23H2. The predicted octanol–water partition coefficient (Wildman–Crippen LogP) is 2.97. The van der Waals surface area contributed by atoms with Gasteiger partial charge < -0.3 is 20.3 Å². The molecule has 0 bridgehead atoms. The second-order valence-electron chi connectivity index (χ2n) is 5.95. The second-order valence-corrected chi connectivity index (χ2v) is 5.95. The molecule has 3 rings (SSSR count). The minimum atomic E-state index is -0.748. The van der Waals surface area contributed by atoms with Crippen LogP contribution in [0.2, 0.25) is 0 Å².